The van der Waals surface area contributed by atoms with Crippen LogP contribution in [0.5, 0.6) is 0 Å². The summed E-state index contributed by atoms with van der Waals surface area (Å²) in [7, 11) is 0. The Bertz CT molecular complexity index is 591. The number of nitrogens with two attached hydrogens (primary N) is 1. The van der Waals surface area contributed by atoms with Crippen molar-refractivity contribution in [1.82, 2.24) is 4.98 Å². The number of aromatic nitrogens is 1. The molecular weight excluding hydrogens is 376 g/mol. The van der Waals surface area contributed by atoms with E-state index in [1.807, 2.05) is 0 Å². The van der Waals surface area contributed by atoms with Crippen LogP contribution >= 0.6 is 43.2 Å². The molecule has 1 aliphatic rings. The Morgan fingerprint density at radius 3 is 2.78 bits per heavy atom. The fourth-order valence-corrected chi connectivity index (χ4v) is 4.15. The van der Waals surface area contributed by atoms with Crippen molar-refractivity contribution in [3.05, 3.63) is 43.3 Å². The normalized spacial score (nSPS) is 15.0. The lowest BCUT2D eigenvalue weighted by molar-refractivity contribution is 1.01. The standard InChI is InChI=1S/C13H12Br2N2S/c14-9-4-3-8(10(15)6-9)5-11-12(7-1-2-7)17-13(16)18-11/h3-4,6-7H,1-2,5H2,(H2,16,17). The smallest absolute Gasteiger partial charge is 0.180 e. The van der Waals surface area contributed by atoms with E-state index in [9.17, 15) is 0 Å². The fourth-order valence-electron chi connectivity index (χ4n) is 2.02. The van der Waals surface area contributed by atoms with Crippen LogP contribution in [0.1, 0.15) is 34.9 Å². The second kappa shape index (κ2) is 4.94. The maximum Gasteiger partial charge on any atom is 0.180 e. The van der Waals surface area contributed by atoms with Crippen LogP contribution < -0.4 is 5.73 Å². The lowest BCUT2D eigenvalue weighted by Crippen LogP contribution is -1.92. The molecular formula is C13H12Br2N2S. The molecule has 0 spiro atoms. The third-order valence-corrected chi connectivity index (χ3v) is 5.21. The third kappa shape index (κ3) is 2.63. The monoisotopic (exact) mass is 386 g/mol. The molecule has 3 rings (SSSR count). The van der Waals surface area contributed by atoms with Crippen molar-refractivity contribution in [3.8, 4) is 0 Å². The Kier molecular flexibility index (Phi) is 3.47. The molecule has 1 fully saturated rings. The van der Waals surface area contributed by atoms with E-state index in [0.29, 0.717) is 11.0 Å². The van der Waals surface area contributed by atoms with Gasteiger partial charge in [0.2, 0.25) is 0 Å². The number of anilines is 1. The van der Waals surface area contributed by atoms with Gasteiger partial charge < -0.3 is 5.73 Å². The molecule has 1 aromatic carbocycles. The second-order valence-electron chi connectivity index (χ2n) is 4.55. The zero-order chi connectivity index (χ0) is 12.7. The van der Waals surface area contributed by atoms with E-state index >= 15 is 0 Å². The average Bonchev–Trinajstić information content (AvgIpc) is 3.08. The first kappa shape index (κ1) is 12.6. The highest BCUT2D eigenvalue weighted by atomic mass is 79.9. The van der Waals surface area contributed by atoms with Gasteiger partial charge in [-0.2, -0.15) is 0 Å². The Morgan fingerprint density at radius 1 is 1.33 bits per heavy atom. The van der Waals surface area contributed by atoms with Crippen LogP contribution in [-0.4, -0.2) is 4.98 Å². The lowest BCUT2D eigenvalue weighted by atomic mass is 10.1. The van der Waals surface area contributed by atoms with Crippen LogP contribution in [0, 0.1) is 0 Å². The third-order valence-electron chi connectivity index (χ3n) is 3.07. The first-order valence-corrected chi connectivity index (χ1v) is 8.22. The van der Waals surface area contributed by atoms with E-state index in [4.69, 9.17) is 5.73 Å². The molecule has 0 amide bonds. The van der Waals surface area contributed by atoms with Crippen LogP contribution in [-0.2, 0) is 6.42 Å². The van der Waals surface area contributed by atoms with Gasteiger partial charge in [0, 0.05) is 26.2 Å². The van der Waals surface area contributed by atoms with E-state index in [0.717, 1.165) is 15.4 Å². The molecule has 0 unspecified atom stereocenters. The first-order chi connectivity index (χ1) is 8.63. The van der Waals surface area contributed by atoms with E-state index in [1.165, 1.54) is 29.0 Å². The predicted molar refractivity (Wildman–Crippen MR) is 83.1 cm³/mol. The number of nitrogen functional groups attached to an aromatic ring is 1. The topological polar surface area (TPSA) is 38.9 Å². The summed E-state index contributed by atoms with van der Waals surface area (Å²) in [5.74, 6) is 0.655. The van der Waals surface area contributed by atoms with Crippen molar-refractivity contribution >= 4 is 48.3 Å². The van der Waals surface area contributed by atoms with E-state index in [-0.39, 0.29) is 0 Å². The zero-order valence-electron chi connectivity index (χ0n) is 9.62. The summed E-state index contributed by atoms with van der Waals surface area (Å²) in [5, 5.41) is 0.695. The highest BCUT2D eigenvalue weighted by Crippen LogP contribution is 2.44. The fraction of sp³-hybridized carbons (Fsp3) is 0.308. The Morgan fingerprint density at radius 2 is 2.11 bits per heavy atom. The van der Waals surface area contributed by atoms with E-state index < -0.39 is 0 Å². The Labute approximate surface area is 127 Å². The van der Waals surface area contributed by atoms with Crippen molar-refractivity contribution in [2.45, 2.75) is 25.2 Å². The van der Waals surface area contributed by atoms with Gasteiger partial charge >= 0.3 is 0 Å². The molecule has 0 atom stereocenters. The summed E-state index contributed by atoms with van der Waals surface area (Å²) >= 11 is 8.71. The van der Waals surface area contributed by atoms with Gasteiger partial charge in [0.1, 0.15) is 0 Å². The van der Waals surface area contributed by atoms with Gasteiger partial charge in [-0.05, 0) is 30.5 Å². The summed E-state index contributed by atoms with van der Waals surface area (Å²) in [6, 6.07) is 6.29. The number of hydrogen-bond donors (Lipinski definition) is 1. The zero-order valence-corrected chi connectivity index (χ0v) is 13.6. The van der Waals surface area contributed by atoms with Gasteiger partial charge in [-0.25, -0.2) is 4.98 Å². The quantitative estimate of drug-likeness (QED) is 0.827. The summed E-state index contributed by atoms with van der Waals surface area (Å²) < 4.78 is 2.22. The molecule has 0 bridgehead atoms. The maximum absolute atomic E-state index is 5.85. The number of rotatable bonds is 3. The van der Waals surface area contributed by atoms with Crippen LogP contribution in [0.2, 0.25) is 0 Å². The summed E-state index contributed by atoms with van der Waals surface area (Å²) in [4.78, 5) is 5.81. The largest absolute Gasteiger partial charge is 0.375 e. The summed E-state index contributed by atoms with van der Waals surface area (Å²) in [6.45, 7) is 0. The molecule has 0 saturated heterocycles. The van der Waals surface area contributed by atoms with Crippen LogP contribution in [0.25, 0.3) is 0 Å². The van der Waals surface area contributed by atoms with Crippen molar-refractivity contribution in [2.75, 3.05) is 5.73 Å². The molecule has 2 nitrogen and oxygen atoms in total. The highest BCUT2D eigenvalue weighted by Gasteiger charge is 2.29. The maximum atomic E-state index is 5.85. The van der Waals surface area contributed by atoms with Gasteiger partial charge in [-0.1, -0.05) is 37.9 Å². The minimum Gasteiger partial charge on any atom is -0.375 e. The number of halogens is 2. The molecule has 1 aromatic heterocycles. The van der Waals surface area contributed by atoms with Crippen LogP contribution in [0.4, 0.5) is 5.13 Å². The van der Waals surface area contributed by atoms with Gasteiger partial charge in [-0.15, -0.1) is 11.3 Å². The van der Waals surface area contributed by atoms with E-state index in [1.54, 1.807) is 11.3 Å². The first-order valence-electron chi connectivity index (χ1n) is 5.82. The highest BCUT2D eigenvalue weighted by molar-refractivity contribution is 9.11. The van der Waals surface area contributed by atoms with Gasteiger partial charge in [0.05, 0.1) is 5.69 Å². The summed E-state index contributed by atoms with van der Waals surface area (Å²) in [5.41, 5.74) is 8.36. The lowest BCUT2D eigenvalue weighted by Gasteiger charge is -2.05. The SMILES string of the molecule is Nc1nc(C2CC2)c(Cc2ccc(Br)cc2Br)s1. The minimum atomic E-state index is 0.655. The van der Waals surface area contributed by atoms with Gasteiger partial charge in [0.25, 0.3) is 0 Å². The number of benzene rings is 1. The molecule has 1 heterocycles. The van der Waals surface area contributed by atoms with Crippen molar-refractivity contribution in [2.24, 2.45) is 0 Å². The molecule has 0 radical (unpaired) electrons. The number of thiazole rings is 1. The van der Waals surface area contributed by atoms with Crippen LogP contribution in [0.3, 0.4) is 0 Å². The van der Waals surface area contributed by atoms with Gasteiger partial charge in [-0.3, -0.25) is 0 Å². The average molecular weight is 388 g/mol. The molecule has 1 saturated carbocycles. The Balaban J connectivity index is 1.91. The molecule has 0 aliphatic heterocycles. The molecule has 2 N–H and O–H groups in total. The minimum absolute atomic E-state index is 0.655. The van der Waals surface area contributed by atoms with Crippen molar-refractivity contribution in [1.29, 1.82) is 0 Å². The molecule has 94 valence electrons. The van der Waals surface area contributed by atoms with Crippen molar-refractivity contribution in [3.63, 3.8) is 0 Å². The van der Waals surface area contributed by atoms with E-state index in [2.05, 4.69) is 55.0 Å². The summed E-state index contributed by atoms with van der Waals surface area (Å²) in [6.07, 6.45) is 3.43. The van der Waals surface area contributed by atoms with Gasteiger partial charge in [0.15, 0.2) is 5.13 Å². The Hall–Kier alpha value is -0.390. The van der Waals surface area contributed by atoms with Crippen molar-refractivity contribution < 1.29 is 0 Å². The number of hydrogen-bond acceptors (Lipinski definition) is 3. The molecule has 1 aliphatic carbocycles. The number of nitrogens with zero attached hydrogens (tertiary/aromatic N) is 1. The predicted octanol–water partition coefficient (Wildman–Crippen LogP) is 4.72. The molecule has 5 heteroatoms. The molecule has 2 aromatic rings. The molecule has 18 heavy (non-hydrogen) atoms. The van der Waals surface area contributed by atoms with Crippen LogP contribution in [0.15, 0.2) is 27.1 Å². The second-order valence-corrected chi connectivity index (χ2v) is 7.43.